The van der Waals surface area contributed by atoms with E-state index in [1.54, 1.807) is 18.1 Å². The Morgan fingerprint density at radius 1 is 1.44 bits per heavy atom. The molecule has 1 aromatic carbocycles. The number of benzene rings is 1. The van der Waals surface area contributed by atoms with Crippen LogP contribution in [0.3, 0.4) is 0 Å². The van der Waals surface area contributed by atoms with Crippen molar-refractivity contribution in [2.75, 3.05) is 12.8 Å². The van der Waals surface area contributed by atoms with Crippen LogP contribution in [0.4, 0.5) is 5.69 Å². The summed E-state index contributed by atoms with van der Waals surface area (Å²) in [6, 6.07) is 7.53. The van der Waals surface area contributed by atoms with Gasteiger partial charge in [-0.25, -0.2) is 0 Å². The predicted molar refractivity (Wildman–Crippen MR) is 70.0 cm³/mol. The molecule has 0 saturated heterocycles. The van der Waals surface area contributed by atoms with Gasteiger partial charge < -0.3 is 10.6 Å². The average molecular weight is 244 g/mol. The van der Waals surface area contributed by atoms with Gasteiger partial charge in [-0.05, 0) is 18.6 Å². The van der Waals surface area contributed by atoms with Gasteiger partial charge in [0, 0.05) is 25.0 Å². The van der Waals surface area contributed by atoms with Gasteiger partial charge in [0.05, 0.1) is 11.8 Å². The summed E-state index contributed by atoms with van der Waals surface area (Å²) in [6.45, 7) is 2.31. The maximum absolute atomic E-state index is 12.2. The van der Waals surface area contributed by atoms with E-state index < -0.39 is 0 Å². The lowest BCUT2D eigenvalue weighted by Crippen LogP contribution is -2.26. The highest BCUT2D eigenvalue weighted by atomic mass is 16.2. The molecule has 0 aliphatic heterocycles. The highest BCUT2D eigenvalue weighted by Crippen LogP contribution is 2.14. The van der Waals surface area contributed by atoms with Gasteiger partial charge in [0.15, 0.2) is 0 Å². The Morgan fingerprint density at radius 2 is 2.17 bits per heavy atom. The average Bonchev–Trinajstić information content (AvgIpc) is 2.77. The van der Waals surface area contributed by atoms with Gasteiger partial charge in [0.1, 0.15) is 0 Å². The third kappa shape index (κ3) is 2.34. The van der Waals surface area contributed by atoms with E-state index in [1.165, 1.54) is 0 Å². The maximum Gasteiger partial charge on any atom is 0.257 e. The molecule has 2 rings (SSSR count). The zero-order valence-corrected chi connectivity index (χ0v) is 10.5. The largest absolute Gasteiger partial charge is 0.398 e. The molecule has 0 saturated carbocycles. The van der Waals surface area contributed by atoms with Crippen LogP contribution in [-0.4, -0.2) is 28.1 Å². The summed E-state index contributed by atoms with van der Waals surface area (Å²) in [5.74, 6) is -0.0653. The molecule has 0 aliphatic rings. The highest BCUT2D eigenvalue weighted by Gasteiger charge is 2.16. The van der Waals surface area contributed by atoms with E-state index in [2.05, 4.69) is 10.2 Å². The summed E-state index contributed by atoms with van der Waals surface area (Å²) in [4.78, 5) is 13.8. The molecule has 0 bridgehead atoms. The van der Waals surface area contributed by atoms with Gasteiger partial charge in [-0.2, -0.15) is 5.10 Å². The fourth-order valence-electron chi connectivity index (χ4n) is 1.78. The topological polar surface area (TPSA) is 75.0 Å². The van der Waals surface area contributed by atoms with E-state index in [1.807, 2.05) is 31.2 Å². The molecule has 0 aliphatic carbocycles. The van der Waals surface area contributed by atoms with E-state index in [0.29, 0.717) is 17.8 Å². The predicted octanol–water partition coefficient (Wildman–Crippen LogP) is 1.57. The SMILES string of the molecule is Cc1[nH]ncc1C(=O)N(C)Cc1ccccc1N. The first-order valence-corrected chi connectivity index (χ1v) is 5.68. The van der Waals surface area contributed by atoms with Crippen LogP contribution in [0.15, 0.2) is 30.5 Å². The summed E-state index contributed by atoms with van der Waals surface area (Å²) in [6.07, 6.45) is 1.54. The van der Waals surface area contributed by atoms with Crippen LogP contribution in [0.5, 0.6) is 0 Å². The molecule has 1 amide bonds. The van der Waals surface area contributed by atoms with E-state index in [4.69, 9.17) is 5.73 Å². The molecule has 1 aromatic heterocycles. The monoisotopic (exact) mass is 244 g/mol. The van der Waals surface area contributed by atoms with Crippen LogP contribution in [-0.2, 0) is 6.54 Å². The van der Waals surface area contributed by atoms with E-state index in [-0.39, 0.29) is 5.91 Å². The molecule has 0 radical (unpaired) electrons. The van der Waals surface area contributed by atoms with Crippen molar-refractivity contribution < 1.29 is 4.79 Å². The molecular formula is C13H16N4O. The van der Waals surface area contributed by atoms with Crippen molar-refractivity contribution in [1.29, 1.82) is 0 Å². The third-order valence-electron chi connectivity index (χ3n) is 2.87. The number of para-hydroxylation sites is 1. The Hall–Kier alpha value is -2.30. The number of anilines is 1. The number of amides is 1. The Bertz CT molecular complexity index is 562. The summed E-state index contributed by atoms with van der Waals surface area (Å²) in [5, 5.41) is 6.61. The summed E-state index contributed by atoms with van der Waals surface area (Å²) >= 11 is 0. The number of carbonyl (C=O) groups is 1. The lowest BCUT2D eigenvalue weighted by atomic mass is 10.1. The zero-order chi connectivity index (χ0) is 13.1. The number of aromatic amines is 1. The first-order chi connectivity index (χ1) is 8.59. The van der Waals surface area contributed by atoms with E-state index >= 15 is 0 Å². The minimum atomic E-state index is -0.0653. The molecule has 0 atom stereocenters. The highest BCUT2D eigenvalue weighted by molar-refractivity contribution is 5.94. The molecule has 5 heteroatoms. The van der Waals surface area contributed by atoms with Crippen LogP contribution in [0.25, 0.3) is 0 Å². The van der Waals surface area contributed by atoms with Crippen LogP contribution in [0, 0.1) is 6.92 Å². The van der Waals surface area contributed by atoms with E-state index in [0.717, 1.165) is 11.3 Å². The summed E-state index contributed by atoms with van der Waals surface area (Å²) < 4.78 is 0. The molecule has 0 fully saturated rings. The molecular weight excluding hydrogens is 228 g/mol. The Morgan fingerprint density at radius 3 is 2.78 bits per heavy atom. The Balaban J connectivity index is 2.14. The minimum Gasteiger partial charge on any atom is -0.398 e. The minimum absolute atomic E-state index is 0.0653. The van der Waals surface area contributed by atoms with Crippen LogP contribution in [0.2, 0.25) is 0 Å². The van der Waals surface area contributed by atoms with Crippen molar-refractivity contribution in [3.8, 4) is 0 Å². The van der Waals surface area contributed by atoms with Gasteiger partial charge >= 0.3 is 0 Å². The molecule has 0 unspecified atom stereocenters. The van der Waals surface area contributed by atoms with Gasteiger partial charge in [-0.1, -0.05) is 18.2 Å². The number of hydrogen-bond donors (Lipinski definition) is 2. The first kappa shape index (κ1) is 12.2. The number of aromatic nitrogens is 2. The number of carbonyl (C=O) groups excluding carboxylic acids is 1. The van der Waals surface area contributed by atoms with Crippen molar-refractivity contribution >= 4 is 11.6 Å². The molecule has 1 heterocycles. The molecule has 94 valence electrons. The maximum atomic E-state index is 12.2. The molecule has 0 spiro atoms. The third-order valence-corrected chi connectivity index (χ3v) is 2.87. The van der Waals surface area contributed by atoms with E-state index in [9.17, 15) is 4.79 Å². The second-order valence-electron chi connectivity index (χ2n) is 4.27. The first-order valence-electron chi connectivity index (χ1n) is 5.68. The van der Waals surface area contributed by atoms with Crippen LogP contribution >= 0.6 is 0 Å². The fourth-order valence-corrected chi connectivity index (χ4v) is 1.78. The summed E-state index contributed by atoms with van der Waals surface area (Å²) in [7, 11) is 1.75. The molecule has 18 heavy (non-hydrogen) atoms. The number of hydrogen-bond acceptors (Lipinski definition) is 3. The zero-order valence-electron chi connectivity index (χ0n) is 10.5. The lowest BCUT2D eigenvalue weighted by molar-refractivity contribution is 0.0785. The van der Waals surface area contributed by atoms with Gasteiger partial charge in [-0.3, -0.25) is 9.89 Å². The standard InChI is InChI=1S/C13H16N4O/c1-9-11(7-15-16-9)13(18)17(2)8-10-5-3-4-6-12(10)14/h3-7H,8,14H2,1-2H3,(H,15,16). The Labute approximate surface area is 106 Å². The second kappa shape index (κ2) is 4.91. The number of H-pyrrole nitrogens is 1. The number of aryl methyl sites for hydroxylation is 1. The number of nitrogens with one attached hydrogen (secondary N) is 1. The van der Waals surface area contributed by atoms with Crippen molar-refractivity contribution in [2.45, 2.75) is 13.5 Å². The quantitative estimate of drug-likeness (QED) is 0.805. The Kier molecular flexibility index (Phi) is 3.32. The molecule has 3 N–H and O–H groups in total. The second-order valence-corrected chi connectivity index (χ2v) is 4.27. The lowest BCUT2D eigenvalue weighted by Gasteiger charge is -2.17. The van der Waals surface area contributed by atoms with Gasteiger partial charge in [0.25, 0.3) is 5.91 Å². The normalized spacial score (nSPS) is 10.3. The van der Waals surface area contributed by atoms with Crippen LogP contribution in [0.1, 0.15) is 21.6 Å². The molecule has 2 aromatic rings. The summed E-state index contributed by atoms with van der Waals surface area (Å²) in [5.41, 5.74) is 8.86. The number of nitrogens with zero attached hydrogens (tertiary/aromatic N) is 2. The fraction of sp³-hybridized carbons (Fsp3) is 0.231. The molecule has 5 nitrogen and oxygen atoms in total. The van der Waals surface area contributed by atoms with Gasteiger partial charge in [0.2, 0.25) is 0 Å². The van der Waals surface area contributed by atoms with Crippen LogP contribution < -0.4 is 5.73 Å². The van der Waals surface area contributed by atoms with Crippen molar-refractivity contribution in [1.82, 2.24) is 15.1 Å². The van der Waals surface area contributed by atoms with Crippen molar-refractivity contribution in [3.63, 3.8) is 0 Å². The smallest absolute Gasteiger partial charge is 0.257 e. The number of nitrogen functional groups attached to an aromatic ring is 1. The van der Waals surface area contributed by atoms with Crippen molar-refractivity contribution in [2.24, 2.45) is 0 Å². The number of nitrogens with two attached hydrogens (primary N) is 1. The van der Waals surface area contributed by atoms with Crippen molar-refractivity contribution in [3.05, 3.63) is 47.3 Å². The van der Waals surface area contributed by atoms with Gasteiger partial charge in [-0.15, -0.1) is 0 Å². The number of rotatable bonds is 3.